The van der Waals surface area contributed by atoms with Crippen molar-refractivity contribution in [2.75, 3.05) is 13.1 Å². The van der Waals surface area contributed by atoms with Crippen LogP contribution in [0.3, 0.4) is 0 Å². The maximum absolute atomic E-state index is 11.8. The maximum Gasteiger partial charge on any atom is 0.230 e. The van der Waals surface area contributed by atoms with Crippen LogP contribution in [0.15, 0.2) is 10.9 Å². The van der Waals surface area contributed by atoms with Gasteiger partial charge >= 0.3 is 0 Å². The lowest BCUT2D eigenvalue weighted by Gasteiger charge is -2.30. The van der Waals surface area contributed by atoms with E-state index in [1.807, 2.05) is 4.90 Å². The van der Waals surface area contributed by atoms with Crippen molar-refractivity contribution >= 4 is 5.91 Å². The number of likely N-dealkylation sites (tertiary alicyclic amines) is 1. The summed E-state index contributed by atoms with van der Waals surface area (Å²) >= 11 is 0. The van der Waals surface area contributed by atoms with Gasteiger partial charge in [0.1, 0.15) is 0 Å². The van der Waals surface area contributed by atoms with Crippen LogP contribution in [-0.4, -0.2) is 34.0 Å². The molecular weight excluding hydrogens is 194 g/mol. The molecule has 1 aliphatic heterocycles. The van der Waals surface area contributed by atoms with E-state index in [0.29, 0.717) is 11.7 Å². The zero-order chi connectivity index (χ0) is 10.7. The quantitative estimate of drug-likeness (QED) is 0.725. The molecule has 82 valence electrons. The van der Waals surface area contributed by atoms with Crippen LogP contribution in [0.2, 0.25) is 0 Å². The number of amides is 1. The summed E-state index contributed by atoms with van der Waals surface area (Å²) in [6.45, 7) is 3.89. The Hall–Kier alpha value is -1.39. The number of carbonyl (C=O) groups is 1. The fourth-order valence-electron chi connectivity index (χ4n) is 1.93. The number of nitrogens with zero attached hydrogens (tertiary/aromatic N) is 3. The van der Waals surface area contributed by atoms with Crippen molar-refractivity contribution < 1.29 is 9.32 Å². The second-order valence-electron chi connectivity index (χ2n) is 4.11. The second kappa shape index (κ2) is 4.42. The zero-order valence-corrected chi connectivity index (χ0v) is 8.85. The fraction of sp³-hybridized carbons (Fsp3) is 0.700. The minimum atomic E-state index is 0.1000. The zero-order valence-electron chi connectivity index (χ0n) is 8.85. The van der Waals surface area contributed by atoms with Crippen LogP contribution in [0.4, 0.5) is 0 Å². The molecule has 1 saturated heterocycles. The highest BCUT2D eigenvalue weighted by Crippen LogP contribution is 2.15. The Morgan fingerprint density at radius 3 is 3.27 bits per heavy atom. The highest BCUT2D eigenvalue weighted by atomic mass is 16.5. The Morgan fingerprint density at radius 2 is 2.60 bits per heavy atom. The lowest BCUT2D eigenvalue weighted by Crippen LogP contribution is -2.40. The third-order valence-electron chi connectivity index (χ3n) is 2.73. The molecule has 1 aliphatic rings. The SMILES string of the molecule is CC1CCCN(C(=O)Cc2ncon2)C1. The molecule has 0 spiro atoms. The lowest BCUT2D eigenvalue weighted by atomic mass is 10.00. The second-order valence-corrected chi connectivity index (χ2v) is 4.11. The summed E-state index contributed by atoms with van der Waals surface area (Å²) in [6.07, 6.45) is 3.82. The molecular formula is C10H15N3O2. The number of aromatic nitrogens is 2. The summed E-state index contributed by atoms with van der Waals surface area (Å²) < 4.78 is 4.59. The van der Waals surface area contributed by atoms with Crippen LogP contribution < -0.4 is 0 Å². The Balaban J connectivity index is 1.90. The lowest BCUT2D eigenvalue weighted by molar-refractivity contribution is -0.132. The summed E-state index contributed by atoms with van der Waals surface area (Å²) in [7, 11) is 0. The number of hydrogen-bond acceptors (Lipinski definition) is 4. The van der Waals surface area contributed by atoms with Gasteiger partial charge in [0.15, 0.2) is 5.82 Å². The molecule has 0 bridgehead atoms. The molecule has 5 nitrogen and oxygen atoms in total. The predicted molar refractivity (Wildman–Crippen MR) is 53.0 cm³/mol. The van der Waals surface area contributed by atoms with E-state index in [2.05, 4.69) is 21.6 Å². The van der Waals surface area contributed by atoms with Gasteiger partial charge in [-0.15, -0.1) is 0 Å². The van der Waals surface area contributed by atoms with E-state index in [-0.39, 0.29) is 12.3 Å². The van der Waals surface area contributed by atoms with Crippen molar-refractivity contribution in [1.82, 2.24) is 15.0 Å². The molecule has 1 aromatic heterocycles. The van der Waals surface area contributed by atoms with E-state index in [9.17, 15) is 4.79 Å². The molecule has 1 atom stereocenters. The molecule has 0 saturated carbocycles. The molecule has 15 heavy (non-hydrogen) atoms. The first kappa shape index (κ1) is 10.1. The molecule has 1 fully saturated rings. The van der Waals surface area contributed by atoms with Gasteiger partial charge in [-0.1, -0.05) is 12.1 Å². The molecule has 0 N–H and O–H groups in total. The number of rotatable bonds is 2. The molecule has 5 heteroatoms. The molecule has 2 rings (SSSR count). The van der Waals surface area contributed by atoms with Crippen molar-refractivity contribution in [1.29, 1.82) is 0 Å². The van der Waals surface area contributed by atoms with Gasteiger partial charge in [0.25, 0.3) is 0 Å². The number of carbonyl (C=O) groups excluding carboxylic acids is 1. The first-order valence-corrected chi connectivity index (χ1v) is 5.28. The van der Waals surface area contributed by atoms with E-state index in [4.69, 9.17) is 0 Å². The third kappa shape index (κ3) is 2.55. The van der Waals surface area contributed by atoms with Gasteiger partial charge in [-0.2, -0.15) is 4.98 Å². The van der Waals surface area contributed by atoms with Gasteiger partial charge in [0.2, 0.25) is 12.3 Å². The van der Waals surface area contributed by atoms with E-state index >= 15 is 0 Å². The first-order valence-electron chi connectivity index (χ1n) is 5.28. The molecule has 0 aromatic carbocycles. The van der Waals surface area contributed by atoms with Crippen LogP contribution in [-0.2, 0) is 11.2 Å². The van der Waals surface area contributed by atoms with Crippen LogP contribution in [0.1, 0.15) is 25.6 Å². The smallest absolute Gasteiger partial charge is 0.230 e. The van der Waals surface area contributed by atoms with Crippen LogP contribution in [0.25, 0.3) is 0 Å². The van der Waals surface area contributed by atoms with Crippen LogP contribution >= 0.6 is 0 Å². The predicted octanol–water partition coefficient (Wildman–Crippen LogP) is 0.871. The normalized spacial score (nSPS) is 21.7. The summed E-state index contributed by atoms with van der Waals surface area (Å²) in [5.74, 6) is 1.18. The van der Waals surface area contributed by atoms with Crippen molar-refractivity contribution in [3.8, 4) is 0 Å². The largest absolute Gasteiger partial charge is 0.343 e. The topological polar surface area (TPSA) is 59.2 Å². The molecule has 2 heterocycles. The summed E-state index contributed by atoms with van der Waals surface area (Å²) in [5, 5.41) is 3.64. The minimum absolute atomic E-state index is 0.1000. The highest BCUT2D eigenvalue weighted by molar-refractivity contribution is 5.78. The summed E-state index contributed by atoms with van der Waals surface area (Å²) in [5.41, 5.74) is 0. The van der Waals surface area contributed by atoms with Gasteiger partial charge in [-0.05, 0) is 18.8 Å². The number of piperidine rings is 1. The van der Waals surface area contributed by atoms with Gasteiger partial charge in [-0.25, -0.2) is 0 Å². The average Bonchev–Trinajstić information content (AvgIpc) is 2.70. The van der Waals surface area contributed by atoms with Crippen molar-refractivity contribution in [3.63, 3.8) is 0 Å². The third-order valence-corrected chi connectivity index (χ3v) is 2.73. The Labute approximate surface area is 88.5 Å². The molecule has 1 amide bonds. The average molecular weight is 209 g/mol. The Bertz CT molecular complexity index is 323. The van der Waals surface area contributed by atoms with E-state index in [1.54, 1.807) is 0 Å². The first-order chi connectivity index (χ1) is 7.25. The summed E-state index contributed by atoms with van der Waals surface area (Å²) in [6, 6.07) is 0. The van der Waals surface area contributed by atoms with E-state index < -0.39 is 0 Å². The molecule has 1 aromatic rings. The Morgan fingerprint density at radius 1 is 1.73 bits per heavy atom. The van der Waals surface area contributed by atoms with Crippen molar-refractivity contribution in [2.24, 2.45) is 5.92 Å². The fourth-order valence-corrected chi connectivity index (χ4v) is 1.93. The molecule has 0 aliphatic carbocycles. The van der Waals surface area contributed by atoms with Gasteiger partial charge in [0, 0.05) is 13.1 Å². The van der Waals surface area contributed by atoms with Gasteiger partial charge in [0.05, 0.1) is 6.42 Å². The Kier molecular flexibility index (Phi) is 2.99. The molecule has 0 radical (unpaired) electrons. The molecule has 1 unspecified atom stereocenters. The van der Waals surface area contributed by atoms with E-state index in [0.717, 1.165) is 19.5 Å². The van der Waals surface area contributed by atoms with Crippen molar-refractivity contribution in [2.45, 2.75) is 26.2 Å². The maximum atomic E-state index is 11.8. The number of hydrogen-bond donors (Lipinski definition) is 0. The van der Waals surface area contributed by atoms with Gasteiger partial charge in [-0.3, -0.25) is 4.79 Å². The monoisotopic (exact) mass is 209 g/mol. The standard InChI is InChI=1S/C10H15N3O2/c1-8-3-2-4-13(6-8)10(14)5-9-11-7-15-12-9/h7-8H,2-6H2,1H3. The summed E-state index contributed by atoms with van der Waals surface area (Å²) in [4.78, 5) is 17.6. The van der Waals surface area contributed by atoms with Crippen LogP contribution in [0, 0.1) is 5.92 Å². The van der Waals surface area contributed by atoms with E-state index in [1.165, 1.54) is 12.8 Å². The highest BCUT2D eigenvalue weighted by Gasteiger charge is 2.21. The minimum Gasteiger partial charge on any atom is -0.343 e. The van der Waals surface area contributed by atoms with Crippen LogP contribution in [0.5, 0.6) is 0 Å². The van der Waals surface area contributed by atoms with Crippen molar-refractivity contribution in [3.05, 3.63) is 12.2 Å². The van der Waals surface area contributed by atoms with Gasteiger partial charge < -0.3 is 9.42 Å².